The van der Waals surface area contributed by atoms with E-state index in [0.717, 1.165) is 5.56 Å². The molecule has 27 heavy (non-hydrogen) atoms. The maximum Gasteiger partial charge on any atom is 0.231 e. The summed E-state index contributed by atoms with van der Waals surface area (Å²) < 4.78 is 7.09. The van der Waals surface area contributed by atoms with Crippen molar-refractivity contribution in [1.82, 2.24) is 20.1 Å². The zero-order valence-corrected chi connectivity index (χ0v) is 15.9. The molecule has 1 N–H and O–H groups in total. The van der Waals surface area contributed by atoms with Gasteiger partial charge in [-0.1, -0.05) is 42.1 Å². The lowest BCUT2D eigenvalue weighted by atomic mass is 10.0. The molecule has 1 atom stereocenters. The summed E-state index contributed by atoms with van der Waals surface area (Å²) in [7, 11) is 1.81. The van der Waals surface area contributed by atoms with Gasteiger partial charge in [-0.15, -0.1) is 10.2 Å². The number of hydrogen-bond acceptors (Lipinski definition) is 6. The van der Waals surface area contributed by atoms with E-state index >= 15 is 0 Å². The van der Waals surface area contributed by atoms with Crippen LogP contribution in [0, 0.1) is 0 Å². The Kier molecular flexibility index (Phi) is 6.08. The predicted octanol–water partition coefficient (Wildman–Crippen LogP) is 2.48. The van der Waals surface area contributed by atoms with Crippen molar-refractivity contribution in [2.75, 3.05) is 5.75 Å². The summed E-state index contributed by atoms with van der Waals surface area (Å²) in [5.41, 5.74) is 1.00. The normalized spacial score (nSPS) is 11.9. The Morgan fingerprint density at radius 1 is 1.19 bits per heavy atom. The van der Waals surface area contributed by atoms with Crippen molar-refractivity contribution in [2.24, 2.45) is 7.05 Å². The minimum atomic E-state index is -0.543. The smallest absolute Gasteiger partial charge is 0.231 e. The Bertz CT molecular complexity index is 906. The number of thioether (sulfide) groups is 1. The van der Waals surface area contributed by atoms with Crippen LogP contribution in [0.4, 0.5) is 0 Å². The second kappa shape index (κ2) is 8.68. The molecule has 0 unspecified atom stereocenters. The number of benzene rings is 1. The van der Waals surface area contributed by atoms with Gasteiger partial charge < -0.3 is 14.3 Å². The third-order valence-corrected chi connectivity index (χ3v) is 5.04. The second-order valence-corrected chi connectivity index (χ2v) is 6.99. The van der Waals surface area contributed by atoms with Gasteiger partial charge in [0.05, 0.1) is 18.1 Å². The SMILES string of the molecule is CC(=O)[C@@H](Cc1ccccc1)NC(=O)CSc1nnc(-c2ccco2)n1C. The van der Waals surface area contributed by atoms with Crippen LogP contribution in [0.25, 0.3) is 11.6 Å². The maximum absolute atomic E-state index is 12.3. The molecule has 0 aliphatic heterocycles. The molecule has 8 heteroatoms. The van der Waals surface area contributed by atoms with Gasteiger partial charge in [0.25, 0.3) is 0 Å². The van der Waals surface area contributed by atoms with Gasteiger partial charge in [-0.2, -0.15) is 0 Å². The van der Waals surface area contributed by atoms with E-state index in [1.165, 1.54) is 18.7 Å². The van der Waals surface area contributed by atoms with Gasteiger partial charge in [0.2, 0.25) is 5.91 Å². The summed E-state index contributed by atoms with van der Waals surface area (Å²) in [4.78, 5) is 24.2. The van der Waals surface area contributed by atoms with Crippen LogP contribution in [-0.4, -0.2) is 38.2 Å². The van der Waals surface area contributed by atoms with Crippen LogP contribution in [0.1, 0.15) is 12.5 Å². The van der Waals surface area contributed by atoms with Crippen LogP contribution in [0.2, 0.25) is 0 Å². The van der Waals surface area contributed by atoms with Crippen molar-refractivity contribution >= 4 is 23.5 Å². The molecule has 140 valence electrons. The van der Waals surface area contributed by atoms with E-state index in [0.29, 0.717) is 23.2 Å². The van der Waals surface area contributed by atoms with Crippen LogP contribution < -0.4 is 5.32 Å². The third-order valence-electron chi connectivity index (χ3n) is 4.02. The molecule has 3 aromatic rings. The fourth-order valence-electron chi connectivity index (χ4n) is 2.57. The highest BCUT2D eigenvalue weighted by atomic mass is 32.2. The quantitative estimate of drug-likeness (QED) is 0.600. The van der Waals surface area contributed by atoms with E-state index in [2.05, 4.69) is 15.5 Å². The van der Waals surface area contributed by atoms with E-state index in [1.54, 1.807) is 23.0 Å². The largest absolute Gasteiger partial charge is 0.461 e. The van der Waals surface area contributed by atoms with Crippen molar-refractivity contribution in [3.8, 4) is 11.6 Å². The zero-order chi connectivity index (χ0) is 19.2. The van der Waals surface area contributed by atoms with Gasteiger partial charge in [-0.05, 0) is 31.0 Å². The molecule has 0 spiro atoms. The molecular weight excluding hydrogens is 364 g/mol. The number of rotatable bonds is 8. The van der Waals surface area contributed by atoms with E-state index in [9.17, 15) is 9.59 Å². The topological polar surface area (TPSA) is 90.0 Å². The summed E-state index contributed by atoms with van der Waals surface area (Å²) in [5, 5.41) is 11.6. The number of ketones is 1. The summed E-state index contributed by atoms with van der Waals surface area (Å²) in [6, 6.07) is 12.6. The average Bonchev–Trinajstić information content (AvgIpc) is 3.30. The average molecular weight is 384 g/mol. The molecule has 3 rings (SSSR count). The highest BCUT2D eigenvalue weighted by Gasteiger charge is 2.19. The van der Waals surface area contributed by atoms with Crippen molar-refractivity contribution in [3.05, 3.63) is 54.3 Å². The van der Waals surface area contributed by atoms with Crippen molar-refractivity contribution < 1.29 is 14.0 Å². The van der Waals surface area contributed by atoms with Gasteiger partial charge in [0.1, 0.15) is 0 Å². The molecule has 7 nitrogen and oxygen atoms in total. The molecule has 0 saturated carbocycles. The van der Waals surface area contributed by atoms with Crippen molar-refractivity contribution in [3.63, 3.8) is 0 Å². The van der Waals surface area contributed by atoms with Crippen LogP contribution in [-0.2, 0) is 23.1 Å². The van der Waals surface area contributed by atoms with E-state index in [1.807, 2.05) is 37.4 Å². The molecule has 1 aromatic carbocycles. The number of amides is 1. The lowest BCUT2D eigenvalue weighted by Gasteiger charge is -2.16. The first-order valence-corrected chi connectivity index (χ1v) is 9.43. The van der Waals surface area contributed by atoms with Gasteiger partial charge in [-0.3, -0.25) is 9.59 Å². The molecule has 0 bridgehead atoms. The van der Waals surface area contributed by atoms with Gasteiger partial charge in [0, 0.05) is 7.05 Å². The van der Waals surface area contributed by atoms with E-state index < -0.39 is 6.04 Å². The van der Waals surface area contributed by atoms with E-state index in [4.69, 9.17) is 4.42 Å². The first kappa shape index (κ1) is 18.9. The summed E-state index contributed by atoms with van der Waals surface area (Å²) in [5.74, 6) is 1.05. The lowest BCUT2D eigenvalue weighted by Crippen LogP contribution is -2.42. The maximum atomic E-state index is 12.3. The highest BCUT2D eigenvalue weighted by molar-refractivity contribution is 7.99. The number of aromatic nitrogens is 3. The van der Waals surface area contributed by atoms with Gasteiger partial charge >= 0.3 is 0 Å². The Hall–Kier alpha value is -2.87. The molecule has 2 aromatic heterocycles. The predicted molar refractivity (Wildman–Crippen MR) is 102 cm³/mol. The number of carbonyl (C=O) groups is 2. The summed E-state index contributed by atoms with van der Waals surface area (Å²) in [6.07, 6.45) is 2.04. The number of nitrogens with zero attached hydrogens (tertiary/aromatic N) is 3. The minimum absolute atomic E-state index is 0.0732. The first-order valence-electron chi connectivity index (χ1n) is 8.44. The Balaban J connectivity index is 1.58. The summed E-state index contributed by atoms with van der Waals surface area (Å²) >= 11 is 1.26. The molecule has 0 saturated heterocycles. The lowest BCUT2D eigenvalue weighted by molar-refractivity contribution is -0.125. The van der Waals surface area contributed by atoms with Crippen molar-refractivity contribution in [2.45, 2.75) is 24.5 Å². The van der Waals surface area contributed by atoms with Crippen LogP contribution in [0.3, 0.4) is 0 Å². The Morgan fingerprint density at radius 3 is 2.63 bits per heavy atom. The van der Waals surface area contributed by atoms with E-state index in [-0.39, 0.29) is 17.4 Å². The molecule has 1 amide bonds. The summed E-state index contributed by atoms with van der Waals surface area (Å²) in [6.45, 7) is 1.49. The molecule has 0 aliphatic carbocycles. The molecule has 0 aliphatic rings. The van der Waals surface area contributed by atoms with Gasteiger partial charge in [0.15, 0.2) is 22.5 Å². The fraction of sp³-hybridized carbons (Fsp3) is 0.263. The molecule has 2 heterocycles. The molecular formula is C19H20N4O3S. The number of hydrogen-bond donors (Lipinski definition) is 1. The van der Waals surface area contributed by atoms with Crippen LogP contribution in [0.5, 0.6) is 0 Å². The standard InChI is InChI=1S/C19H20N4O3S/c1-13(24)15(11-14-7-4-3-5-8-14)20-17(25)12-27-19-22-21-18(23(19)2)16-9-6-10-26-16/h3-10,15H,11-12H2,1-2H3,(H,20,25)/t15-/m1/s1. The third kappa shape index (κ3) is 4.85. The highest BCUT2D eigenvalue weighted by Crippen LogP contribution is 2.22. The fourth-order valence-corrected chi connectivity index (χ4v) is 3.30. The van der Waals surface area contributed by atoms with Crippen molar-refractivity contribution in [1.29, 1.82) is 0 Å². The Morgan fingerprint density at radius 2 is 1.96 bits per heavy atom. The zero-order valence-electron chi connectivity index (χ0n) is 15.1. The Labute approximate surface area is 161 Å². The van der Waals surface area contributed by atoms with Crippen LogP contribution in [0.15, 0.2) is 58.3 Å². The first-order chi connectivity index (χ1) is 13.0. The second-order valence-electron chi connectivity index (χ2n) is 6.05. The number of nitrogens with one attached hydrogen (secondary N) is 1. The molecule has 0 fully saturated rings. The van der Waals surface area contributed by atoms with Gasteiger partial charge in [-0.25, -0.2) is 0 Å². The number of furan rings is 1. The molecule has 0 radical (unpaired) electrons. The number of carbonyl (C=O) groups excluding carboxylic acids is 2. The minimum Gasteiger partial charge on any atom is -0.461 e. The monoisotopic (exact) mass is 384 g/mol. The van der Waals surface area contributed by atoms with Crippen LogP contribution >= 0.6 is 11.8 Å². The number of Topliss-reactive ketones (excluding diaryl/α,β-unsaturated/α-hetero) is 1.